The van der Waals surface area contributed by atoms with Crippen LogP contribution in [-0.4, -0.2) is 9.38 Å². The SMILES string of the molecule is CCc1nc(-c2cccc3ccccc23)c2ccccn12. The Morgan fingerprint density at radius 3 is 2.62 bits per heavy atom. The lowest BCUT2D eigenvalue weighted by Gasteiger charge is -2.04. The molecular weight excluding hydrogens is 256 g/mol. The molecule has 4 aromatic rings. The third-order valence-corrected chi connectivity index (χ3v) is 3.98. The second-order valence-corrected chi connectivity index (χ2v) is 5.21. The summed E-state index contributed by atoms with van der Waals surface area (Å²) in [6.07, 6.45) is 3.02. The molecule has 102 valence electrons. The van der Waals surface area contributed by atoms with Crippen molar-refractivity contribution in [1.82, 2.24) is 9.38 Å². The molecule has 0 saturated carbocycles. The van der Waals surface area contributed by atoms with Gasteiger partial charge in [-0.25, -0.2) is 4.98 Å². The van der Waals surface area contributed by atoms with E-state index < -0.39 is 0 Å². The quantitative estimate of drug-likeness (QED) is 0.516. The molecule has 4 rings (SSSR count). The summed E-state index contributed by atoms with van der Waals surface area (Å²) >= 11 is 0. The molecule has 0 atom stereocenters. The lowest BCUT2D eigenvalue weighted by molar-refractivity contribution is 0.934. The first kappa shape index (κ1) is 12.2. The summed E-state index contributed by atoms with van der Waals surface area (Å²) in [5, 5.41) is 2.51. The Bertz CT molecular complexity index is 929. The van der Waals surface area contributed by atoms with Gasteiger partial charge >= 0.3 is 0 Å². The van der Waals surface area contributed by atoms with Crippen molar-refractivity contribution < 1.29 is 0 Å². The Morgan fingerprint density at radius 1 is 0.905 bits per heavy atom. The van der Waals surface area contributed by atoms with Gasteiger partial charge in [0.1, 0.15) is 5.82 Å². The molecule has 0 amide bonds. The minimum Gasteiger partial charge on any atom is -0.303 e. The number of fused-ring (bicyclic) bond motifs is 2. The fourth-order valence-corrected chi connectivity index (χ4v) is 2.98. The van der Waals surface area contributed by atoms with Crippen LogP contribution in [0.25, 0.3) is 27.5 Å². The van der Waals surface area contributed by atoms with Crippen LogP contribution in [0.1, 0.15) is 12.7 Å². The number of hydrogen-bond acceptors (Lipinski definition) is 1. The van der Waals surface area contributed by atoms with E-state index in [4.69, 9.17) is 4.98 Å². The monoisotopic (exact) mass is 272 g/mol. The summed E-state index contributed by atoms with van der Waals surface area (Å²) in [5.74, 6) is 1.11. The van der Waals surface area contributed by atoms with Gasteiger partial charge in [0.15, 0.2) is 0 Å². The van der Waals surface area contributed by atoms with E-state index in [2.05, 4.69) is 78.2 Å². The van der Waals surface area contributed by atoms with E-state index >= 15 is 0 Å². The standard InChI is InChI=1S/C19H16N2/c1-2-18-20-19(17-12-5-6-13-21(17)18)16-11-7-9-14-8-3-4-10-15(14)16/h3-13H,2H2,1H3. The minimum absolute atomic E-state index is 0.927. The second-order valence-electron chi connectivity index (χ2n) is 5.21. The maximum Gasteiger partial charge on any atom is 0.113 e. The first-order chi connectivity index (χ1) is 10.4. The van der Waals surface area contributed by atoms with Gasteiger partial charge in [-0.1, -0.05) is 55.5 Å². The van der Waals surface area contributed by atoms with Crippen LogP contribution in [0.5, 0.6) is 0 Å². The van der Waals surface area contributed by atoms with E-state index in [1.807, 2.05) is 0 Å². The number of rotatable bonds is 2. The summed E-state index contributed by atoms with van der Waals surface area (Å²) in [6, 6.07) is 21.2. The molecule has 2 aromatic carbocycles. The highest BCUT2D eigenvalue weighted by atomic mass is 15.0. The lowest BCUT2D eigenvalue weighted by Crippen LogP contribution is -1.90. The van der Waals surface area contributed by atoms with Crippen molar-refractivity contribution in [3.05, 3.63) is 72.7 Å². The third kappa shape index (κ3) is 1.83. The smallest absolute Gasteiger partial charge is 0.113 e. The average molecular weight is 272 g/mol. The number of imidazole rings is 1. The van der Waals surface area contributed by atoms with Crippen molar-refractivity contribution in [2.75, 3.05) is 0 Å². The molecular formula is C19H16N2. The normalized spacial score (nSPS) is 11.3. The molecule has 0 radical (unpaired) electrons. The maximum absolute atomic E-state index is 4.89. The molecule has 0 aliphatic rings. The highest BCUT2D eigenvalue weighted by Crippen LogP contribution is 2.31. The Balaban J connectivity index is 2.10. The van der Waals surface area contributed by atoms with E-state index in [9.17, 15) is 0 Å². The number of benzene rings is 2. The van der Waals surface area contributed by atoms with Gasteiger partial charge in [-0.3, -0.25) is 0 Å². The maximum atomic E-state index is 4.89. The zero-order valence-corrected chi connectivity index (χ0v) is 12.0. The average Bonchev–Trinajstić information content (AvgIpc) is 2.93. The molecule has 0 fully saturated rings. The first-order valence-electron chi connectivity index (χ1n) is 7.32. The zero-order valence-electron chi connectivity index (χ0n) is 12.0. The van der Waals surface area contributed by atoms with Crippen molar-refractivity contribution in [1.29, 1.82) is 0 Å². The highest BCUT2D eigenvalue weighted by Gasteiger charge is 2.13. The molecule has 2 aromatic heterocycles. The summed E-state index contributed by atoms with van der Waals surface area (Å²) in [6.45, 7) is 2.15. The molecule has 0 unspecified atom stereocenters. The van der Waals surface area contributed by atoms with Gasteiger partial charge in [0.2, 0.25) is 0 Å². The van der Waals surface area contributed by atoms with E-state index in [1.165, 1.54) is 21.9 Å². The van der Waals surface area contributed by atoms with Gasteiger partial charge in [0.25, 0.3) is 0 Å². The summed E-state index contributed by atoms with van der Waals surface area (Å²) in [7, 11) is 0. The number of hydrogen-bond donors (Lipinski definition) is 0. The van der Waals surface area contributed by atoms with E-state index in [0.29, 0.717) is 0 Å². The lowest BCUT2D eigenvalue weighted by atomic mass is 10.0. The predicted octanol–water partition coefficient (Wildman–Crippen LogP) is 4.72. The van der Waals surface area contributed by atoms with Crippen molar-refractivity contribution in [3.8, 4) is 11.3 Å². The van der Waals surface area contributed by atoms with Crippen molar-refractivity contribution in [2.24, 2.45) is 0 Å². The van der Waals surface area contributed by atoms with Gasteiger partial charge in [-0.2, -0.15) is 0 Å². The zero-order chi connectivity index (χ0) is 14.2. The fraction of sp³-hybridized carbons (Fsp3) is 0.105. The molecule has 0 saturated heterocycles. The largest absolute Gasteiger partial charge is 0.303 e. The van der Waals surface area contributed by atoms with Crippen LogP contribution < -0.4 is 0 Å². The molecule has 0 bridgehead atoms. The molecule has 2 nitrogen and oxygen atoms in total. The van der Waals surface area contributed by atoms with Crippen LogP contribution in [0.15, 0.2) is 66.9 Å². The van der Waals surface area contributed by atoms with E-state index in [0.717, 1.165) is 17.9 Å². The topological polar surface area (TPSA) is 17.3 Å². The van der Waals surface area contributed by atoms with Gasteiger partial charge in [-0.05, 0) is 22.9 Å². The van der Waals surface area contributed by atoms with E-state index in [1.54, 1.807) is 0 Å². The number of aromatic nitrogens is 2. The van der Waals surface area contributed by atoms with E-state index in [-0.39, 0.29) is 0 Å². The number of aryl methyl sites for hydroxylation is 1. The van der Waals surface area contributed by atoms with Crippen LogP contribution in [0.3, 0.4) is 0 Å². The van der Waals surface area contributed by atoms with Crippen molar-refractivity contribution in [3.63, 3.8) is 0 Å². The van der Waals surface area contributed by atoms with Crippen LogP contribution in [0.2, 0.25) is 0 Å². The molecule has 0 aliphatic heterocycles. The fourth-order valence-electron chi connectivity index (χ4n) is 2.98. The second kappa shape index (κ2) is 4.74. The van der Waals surface area contributed by atoms with Gasteiger partial charge in [0, 0.05) is 18.2 Å². The predicted molar refractivity (Wildman–Crippen MR) is 87.5 cm³/mol. The Labute approximate surface area is 123 Å². The summed E-state index contributed by atoms with van der Waals surface area (Å²) in [5.41, 5.74) is 3.45. The number of nitrogens with zero attached hydrogens (tertiary/aromatic N) is 2. The van der Waals surface area contributed by atoms with Crippen LogP contribution in [0.4, 0.5) is 0 Å². The van der Waals surface area contributed by atoms with Crippen molar-refractivity contribution in [2.45, 2.75) is 13.3 Å². The highest BCUT2D eigenvalue weighted by molar-refractivity contribution is 5.99. The van der Waals surface area contributed by atoms with Gasteiger partial charge in [0.05, 0.1) is 11.2 Å². The molecule has 2 heterocycles. The molecule has 0 N–H and O–H groups in total. The Hall–Kier alpha value is -2.61. The minimum atomic E-state index is 0.927. The molecule has 2 heteroatoms. The third-order valence-electron chi connectivity index (χ3n) is 3.98. The first-order valence-corrected chi connectivity index (χ1v) is 7.32. The summed E-state index contributed by atoms with van der Waals surface area (Å²) in [4.78, 5) is 4.89. The van der Waals surface area contributed by atoms with Crippen LogP contribution in [0, 0.1) is 0 Å². The molecule has 21 heavy (non-hydrogen) atoms. The van der Waals surface area contributed by atoms with Crippen LogP contribution >= 0.6 is 0 Å². The van der Waals surface area contributed by atoms with Crippen molar-refractivity contribution >= 4 is 16.3 Å². The Kier molecular flexibility index (Phi) is 2.74. The van der Waals surface area contributed by atoms with Gasteiger partial charge < -0.3 is 4.40 Å². The number of pyridine rings is 1. The summed E-state index contributed by atoms with van der Waals surface area (Å²) < 4.78 is 2.19. The van der Waals surface area contributed by atoms with Gasteiger partial charge in [-0.15, -0.1) is 0 Å². The van der Waals surface area contributed by atoms with Crippen LogP contribution in [-0.2, 0) is 6.42 Å². The molecule has 0 spiro atoms. The molecule has 0 aliphatic carbocycles. The Morgan fingerprint density at radius 2 is 1.71 bits per heavy atom.